The van der Waals surface area contributed by atoms with Crippen LogP contribution in [0.1, 0.15) is 15.4 Å². The molecule has 0 atom stereocenters. The Balaban J connectivity index is 2.37. The van der Waals surface area contributed by atoms with Crippen molar-refractivity contribution in [1.29, 1.82) is 0 Å². The molecule has 0 saturated heterocycles. The van der Waals surface area contributed by atoms with Crippen molar-refractivity contribution in [1.82, 2.24) is 4.98 Å². The number of thiazole rings is 1. The number of non-ortho nitro benzene ring substituents is 1. The minimum Gasteiger partial charge on any atom is -0.465 e. The molecule has 1 aromatic carbocycles. The van der Waals surface area contributed by atoms with Crippen LogP contribution in [-0.4, -0.2) is 23.0 Å². The van der Waals surface area contributed by atoms with Crippen LogP contribution in [-0.2, 0) is 4.74 Å². The maximum absolute atomic E-state index is 11.5. The summed E-state index contributed by atoms with van der Waals surface area (Å²) in [5.74, 6) is -0.428. The number of rotatable bonds is 3. The lowest BCUT2D eigenvalue weighted by Crippen LogP contribution is -1.99. The van der Waals surface area contributed by atoms with Crippen molar-refractivity contribution in [3.8, 4) is 10.6 Å². The van der Waals surface area contributed by atoms with Gasteiger partial charge in [0.05, 0.1) is 17.7 Å². The molecule has 0 spiro atoms. The van der Waals surface area contributed by atoms with Crippen molar-refractivity contribution in [2.45, 2.75) is 6.92 Å². The van der Waals surface area contributed by atoms with Crippen molar-refractivity contribution in [2.75, 3.05) is 7.11 Å². The van der Waals surface area contributed by atoms with Gasteiger partial charge < -0.3 is 4.74 Å². The van der Waals surface area contributed by atoms with Gasteiger partial charge in [-0.2, -0.15) is 0 Å². The number of aryl methyl sites for hydroxylation is 1. The molecule has 1 heterocycles. The number of ether oxygens (including phenoxy) is 1. The normalized spacial score (nSPS) is 10.2. The molecule has 0 aliphatic heterocycles. The smallest absolute Gasteiger partial charge is 0.349 e. The summed E-state index contributed by atoms with van der Waals surface area (Å²) in [6.45, 7) is 1.72. The second kappa shape index (κ2) is 5.15. The van der Waals surface area contributed by atoms with Gasteiger partial charge in [0.15, 0.2) is 0 Å². The zero-order chi connectivity index (χ0) is 14.0. The Morgan fingerprint density at radius 3 is 2.53 bits per heavy atom. The van der Waals surface area contributed by atoms with E-state index >= 15 is 0 Å². The van der Waals surface area contributed by atoms with E-state index in [1.807, 2.05) is 0 Å². The molecule has 0 unspecified atom stereocenters. The molecule has 0 amide bonds. The number of methoxy groups -OCH3 is 1. The molecule has 98 valence electrons. The maximum Gasteiger partial charge on any atom is 0.349 e. The van der Waals surface area contributed by atoms with Gasteiger partial charge in [0.25, 0.3) is 5.69 Å². The van der Waals surface area contributed by atoms with Crippen LogP contribution in [0.15, 0.2) is 24.3 Å². The van der Waals surface area contributed by atoms with Gasteiger partial charge >= 0.3 is 5.97 Å². The first-order chi connectivity index (χ1) is 9.02. The van der Waals surface area contributed by atoms with Gasteiger partial charge in [0, 0.05) is 17.7 Å². The lowest BCUT2D eigenvalue weighted by Gasteiger charge is -1.95. The largest absolute Gasteiger partial charge is 0.465 e. The number of hydrogen-bond donors (Lipinski definition) is 0. The second-order valence-corrected chi connectivity index (χ2v) is 4.73. The van der Waals surface area contributed by atoms with Crippen LogP contribution >= 0.6 is 11.3 Å². The molecule has 6 nitrogen and oxygen atoms in total. The molecule has 0 N–H and O–H groups in total. The number of nitrogens with zero attached hydrogens (tertiary/aromatic N) is 2. The van der Waals surface area contributed by atoms with Gasteiger partial charge in [0.2, 0.25) is 0 Å². The highest BCUT2D eigenvalue weighted by atomic mass is 32.1. The summed E-state index contributed by atoms with van der Waals surface area (Å²) in [5, 5.41) is 11.2. The lowest BCUT2D eigenvalue weighted by atomic mass is 10.2. The third-order valence-corrected chi connectivity index (χ3v) is 3.68. The van der Waals surface area contributed by atoms with E-state index in [1.54, 1.807) is 19.1 Å². The van der Waals surface area contributed by atoms with E-state index in [2.05, 4.69) is 9.72 Å². The number of carbonyl (C=O) groups is 1. The quantitative estimate of drug-likeness (QED) is 0.490. The van der Waals surface area contributed by atoms with E-state index in [-0.39, 0.29) is 5.69 Å². The molecule has 1 aromatic heterocycles. The van der Waals surface area contributed by atoms with E-state index in [0.29, 0.717) is 15.6 Å². The van der Waals surface area contributed by atoms with E-state index < -0.39 is 10.9 Å². The molecule has 7 heteroatoms. The molecule has 19 heavy (non-hydrogen) atoms. The summed E-state index contributed by atoms with van der Waals surface area (Å²) in [6, 6.07) is 6.03. The number of hydrogen-bond acceptors (Lipinski definition) is 6. The Hall–Kier alpha value is -2.28. The average Bonchev–Trinajstić information content (AvgIpc) is 2.80. The molecular weight excluding hydrogens is 268 g/mol. The molecule has 0 radical (unpaired) electrons. The molecular formula is C12H10N2O4S. The zero-order valence-corrected chi connectivity index (χ0v) is 11.1. The van der Waals surface area contributed by atoms with Gasteiger partial charge in [-0.3, -0.25) is 10.1 Å². The number of esters is 1. The minimum atomic E-state index is -0.462. The summed E-state index contributed by atoms with van der Waals surface area (Å²) in [6.07, 6.45) is 0. The van der Waals surface area contributed by atoms with Crippen LogP contribution in [0, 0.1) is 17.0 Å². The van der Waals surface area contributed by atoms with Gasteiger partial charge in [-0.15, -0.1) is 11.3 Å². The third-order valence-electron chi connectivity index (χ3n) is 2.49. The fraction of sp³-hybridized carbons (Fsp3) is 0.167. The molecule has 0 aliphatic carbocycles. The number of aromatic nitrogens is 1. The summed E-state index contributed by atoms with van der Waals surface area (Å²) in [7, 11) is 1.31. The monoisotopic (exact) mass is 278 g/mol. The Morgan fingerprint density at radius 2 is 2.00 bits per heavy atom. The van der Waals surface area contributed by atoms with Gasteiger partial charge in [-0.1, -0.05) is 0 Å². The number of nitro benzene ring substituents is 1. The van der Waals surface area contributed by atoms with Crippen LogP contribution in [0.5, 0.6) is 0 Å². The Kier molecular flexibility index (Phi) is 3.57. The van der Waals surface area contributed by atoms with Crippen molar-refractivity contribution < 1.29 is 14.5 Å². The van der Waals surface area contributed by atoms with E-state index in [9.17, 15) is 14.9 Å². The van der Waals surface area contributed by atoms with Gasteiger partial charge in [-0.25, -0.2) is 9.78 Å². The van der Waals surface area contributed by atoms with Gasteiger partial charge in [-0.05, 0) is 19.1 Å². The summed E-state index contributed by atoms with van der Waals surface area (Å²) in [4.78, 5) is 26.3. The van der Waals surface area contributed by atoms with Crippen LogP contribution in [0.25, 0.3) is 10.6 Å². The Bertz CT molecular complexity index is 634. The molecule has 2 aromatic rings. The summed E-state index contributed by atoms with van der Waals surface area (Å²) >= 11 is 1.20. The van der Waals surface area contributed by atoms with Crippen LogP contribution in [0.4, 0.5) is 5.69 Å². The number of carbonyl (C=O) groups excluding carboxylic acids is 1. The molecule has 2 rings (SSSR count). The highest BCUT2D eigenvalue weighted by molar-refractivity contribution is 7.17. The van der Waals surface area contributed by atoms with Crippen LogP contribution < -0.4 is 0 Å². The van der Waals surface area contributed by atoms with Crippen LogP contribution in [0.3, 0.4) is 0 Å². The molecule has 0 bridgehead atoms. The Labute approximate surface area is 112 Å². The first kappa shape index (κ1) is 13.2. The average molecular weight is 278 g/mol. The SMILES string of the molecule is COC(=O)c1sc(-c2ccc([N+](=O)[O-])cc2)nc1C. The molecule has 0 aliphatic rings. The lowest BCUT2D eigenvalue weighted by molar-refractivity contribution is -0.384. The van der Waals surface area contributed by atoms with Gasteiger partial charge in [0.1, 0.15) is 9.88 Å². The van der Waals surface area contributed by atoms with E-state index in [0.717, 1.165) is 5.56 Å². The fourth-order valence-electron chi connectivity index (χ4n) is 1.53. The topological polar surface area (TPSA) is 82.3 Å². The number of benzene rings is 1. The first-order valence-corrected chi connectivity index (χ1v) is 6.15. The third kappa shape index (κ3) is 2.60. The maximum atomic E-state index is 11.5. The van der Waals surface area contributed by atoms with Crippen molar-refractivity contribution in [3.63, 3.8) is 0 Å². The molecule has 0 saturated carbocycles. The highest BCUT2D eigenvalue weighted by Crippen LogP contribution is 2.29. The fourth-order valence-corrected chi connectivity index (χ4v) is 2.52. The van der Waals surface area contributed by atoms with E-state index in [1.165, 1.54) is 30.6 Å². The summed E-state index contributed by atoms with van der Waals surface area (Å²) in [5.41, 5.74) is 1.34. The first-order valence-electron chi connectivity index (χ1n) is 5.33. The molecule has 0 fully saturated rings. The standard InChI is InChI=1S/C12H10N2O4S/c1-7-10(12(15)18-2)19-11(13-7)8-3-5-9(6-4-8)14(16)17/h3-6H,1-2H3. The van der Waals surface area contributed by atoms with E-state index in [4.69, 9.17) is 0 Å². The predicted octanol–water partition coefficient (Wildman–Crippen LogP) is 2.81. The van der Waals surface area contributed by atoms with Crippen molar-refractivity contribution >= 4 is 23.0 Å². The van der Waals surface area contributed by atoms with Crippen molar-refractivity contribution in [3.05, 3.63) is 45.0 Å². The highest BCUT2D eigenvalue weighted by Gasteiger charge is 2.16. The van der Waals surface area contributed by atoms with Crippen LogP contribution in [0.2, 0.25) is 0 Å². The predicted molar refractivity (Wildman–Crippen MR) is 70.3 cm³/mol. The van der Waals surface area contributed by atoms with Crippen molar-refractivity contribution in [2.24, 2.45) is 0 Å². The summed E-state index contributed by atoms with van der Waals surface area (Å²) < 4.78 is 4.66. The minimum absolute atomic E-state index is 0.0187. The number of nitro groups is 1. The zero-order valence-electron chi connectivity index (χ0n) is 10.2. The Morgan fingerprint density at radius 1 is 1.37 bits per heavy atom. The second-order valence-electron chi connectivity index (χ2n) is 3.73.